The smallest absolute Gasteiger partial charge is 0.225 e. The molecule has 3 heterocycles. The summed E-state index contributed by atoms with van der Waals surface area (Å²) in [7, 11) is 0. The number of carbonyl (C=O) groups excluding carboxylic acids is 1. The Morgan fingerprint density at radius 1 is 1.31 bits per heavy atom. The van der Waals surface area contributed by atoms with Crippen molar-refractivity contribution in [3.8, 4) is 0 Å². The Balaban J connectivity index is 1.43. The molecule has 0 bridgehead atoms. The van der Waals surface area contributed by atoms with Gasteiger partial charge in [-0.15, -0.1) is 10.2 Å². The van der Waals surface area contributed by atoms with E-state index in [0.29, 0.717) is 18.6 Å². The van der Waals surface area contributed by atoms with Crippen LogP contribution in [0.1, 0.15) is 50.0 Å². The van der Waals surface area contributed by atoms with E-state index >= 15 is 0 Å². The Morgan fingerprint density at radius 3 is 2.96 bits per heavy atom. The Kier molecular flexibility index (Phi) is 5.02. The molecule has 0 spiro atoms. The minimum atomic E-state index is 0.0604. The highest BCUT2D eigenvalue weighted by molar-refractivity contribution is 5.80. The van der Waals surface area contributed by atoms with Gasteiger partial charge < -0.3 is 9.88 Å². The molecule has 2 aliphatic rings. The summed E-state index contributed by atoms with van der Waals surface area (Å²) in [5.41, 5.74) is 1.33. The average Bonchev–Trinajstić information content (AvgIpc) is 3.37. The van der Waals surface area contributed by atoms with E-state index in [4.69, 9.17) is 0 Å². The first-order chi connectivity index (χ1) is 12.8. The van der Waals surface area contributed by atoms with Gasteiger partial charge in [-0.3, -0.25) is 9.69 Å². The first-order valence-electron chi connectivity index (χ1n) is 9.73. The zero-order chi connectivity index (χ0) is 17.9. The molecule has 6 heteroatoms. The molecule has 26 heavy (non-hydrogen) atoms. The molecule has 0 saturated carbocycles. The summed E-state index contributed by atoms with van der Waals surface area (Å²) >= 11 is 0. The van der Waals surface area contributed by atoms with Gasteiger partial charge in [0.05, 0.1) is 12.5 Å². The summed E-state index contributed by atoms with van der Waals surface area (Å²) < 4.78 is 2.02. The highest BCUT2D eigenvalue weighted by Gasteiger charge is 2.46. The summed E-state index contributed by atoms with van der Waals surface area (Å²) in [5.74, 6) is 1.05. The maximum absolute atomic E-state index is 12.9. The standard InChI is InChI=1S/C20H27N5O/c1-2-10-24-14-22-23-19(24)13-21-20(26)16-12-18(15-7-4-3-5-8-15)25-11-6-9-17(16)25/h3-5,7-8,14,16-18H,2,6,9-13H2,1H3,(H,21,26)/t16-,17+,18-/m0/s1. The lowest BCUT2D eigenvalue weighted by Crippen LogP contribution is -2.37. The van der Waals surface area contributed by atoms with Gasteiger partial charge in [0, 0.05) is 18.6 Å². The fourth-order valence-electron chi connectivity index (χ4n) is 4.59. The Labute approximate surface area is 154 Å². The predicted octanol–water partition coefficient (Wildman–Crippen LogP) is 2.53. The van der Waals surface area contributed by atoms with Crippen LogP contribution in [0, 0.1) is 5.92 Å². The molecule has 0 unspecified atom stereocenters. The van der Waals surface area contributed by atoms with Crippen molar-refractivity contribution in [2.75, 3.05) is 6.54 Å². The second-order valence-corrected chi connectivity index (χ2v) is 7.37. The van der Waals surface area contributed by atoms with Crippen LogP contribution in [0.2, 0.25) is 0 Å². The molecular weight excluding hydrogens is 326 g/mol. The van der Waals surface area contributed by atoms with Gasteiger partial charge in [0.1, 0.15) is 6.33 Å². The Bertz CT molecular complexity index is 744. The summed E-state index contributed by atoms with van der Waals surface area (Å²) in [6.45, 7) is 4.56. The maximum atomic E-state index is 12.9. The molecular formula is C20H27N5O. The first-order valence-corrected chi connectivity index (χ1v) is 9.73. The van der Waals surface area contributed by atoms with E-state index in [1.165, 1.54) is 12.0 Å². The molecule has 3 atom stereocenters. The van der Waals surface area contributed by atoms with Gasteiger partial charge >= 0.3 is 0 Å². The molecule has 1 N–H and O–H groups in total. The highest BCUT2D eigenvalue weighted by Crippen LogP contribution is 2.44. The second kappa shape index (κ2) is 7.58. The minimum absolute atomic E-state index is 0.0604. The summed E-state index contributed by atoms with van der Waals surface area (Å²) in [6.07, 6.45) is 5.97. The van der Waals surface area contributed by atoms with Gasteiger partial charge in [0.15, 0.2) is 5.82 Å². The molecule has 1 aromatic carbocycles. The maximum Gasteiger partial charge on any atom is 0.225 e. The van der Waals surface area contributed by atoms with Crippen LogP contribution in [0.25, 0.3) is 0 Å². The topological polar surface area (TPSA) is 63.1 Å². The monoisotopic (exact) mass is 353 g/mol. The first kappa shape index (κ1) is 17.2. The predicted molar refractivity (Wildman–Crippen MR) is 99.2 cm³/mol. The van der Waals surface area contributed by atoms with Crippen LogP contribution < -0.4 is 5.32 Å². The number of carbonyl (C=O) groups is 1. The van der Waals surface area contributed by atoms with Crippen LogP contribution in [0.5, 0.6) is 0 Å². The lowest BCUT2D eigenvalue weighted by atomic mass is 9.93. The molecule has 1 amide bonds. The molecule has 4 rings (SSSR count). The Morgan fingerprint density at radius 2 is 2.15 bits per heavy atom. The number of nitrogens with one attached hydrogen (secondary N) is 1. The molecule has 2 saturated heterocycles. The molecule has 2 aliphatic heterocycles. The average molecular weight is 353 g/mol. The van der Waals surface area contributed by atoms with Crippen LogP contribution >= 0.6 is 0 Å². The Hall–Kier alpha value is -2.21. The normalized spacial score (nSPS) is 25.3. The fourth-order valence-corrected chi connectivity index (χ4v) is 4.59. The van der Waals surface area contributed by atoms with Gasteiger partial charge in [-0.25, -0.2) is 0 Å². The number of benzene rings is 1. The third kappa shape index (κ3) is 3.26. The number of aryl methyl sites for hydroxylation is 1. The lowest BCUT2D eigenvalue weighted by molar-refractivity contribution is -0.125. The molecule has 1 aromatic heterocycles. The fraction of sp³-hybridized carbons (Fsp3) is 0.550. The van der Waals surface area contributed by atoms with Crippen LogP contribution in [0.4, 0.5) is 0 Å². The van der Waals surface area contributed by atoms with Crippen molar-refractivity contribution in [3.63, 3.8) is 0 Å². The van der Waals surface area contributed by atoms with Crippen molar-refractivity contribution in [2.45, 2.75) is 57.8 Å². The van der Waals surface area contributed by atoms with Crippen molar-refractivity contribution >= 4 is 5.91 Å². The number of nitrogens with zero attached hydrogens (tertiary/aromatic N) is 4. The number of rotatable bonds is 6. The molecule has 2 fully saturated rings. The molecule has 6 nitrogen and oxygen atoms in total. The van der Waals surface area contributed by atoms with Crippen molar-refractivity contribution in [1.82, 2.24) is 25.0 Å². The van der Waals surface area contributed by atoms with E-state index < -0.39 is 0 Å². The molecule has 0 aliphatic carbocycles. The minimum Gasteiger partial charge on any atom is -0.349 e. The van der Waals surface area contributed by atoms with Gasteiger partial charge in [0.2, 0.25) is 5.91 Å². The van der Waals surface area contributed by atoms with Crippen LogP contribution in [-0.4, -0.2) is 38.2 Å². The number of amides is 1. The van der Waals surface area contributed by atoms with Gasteiger partial charge in [-0.05, 0) is 37.8 Å². The highest BCUT2D eigenvalue weighted by atomic mass is 16.2. The van der Waals surface area contributed by atoms with E-state index in [-0.39, 0.29) is 11.8 Å². The zero-order valence-electron chi connectivity index (χ0n) is 15.3. The number of fused-ring (bicyclic) bond motifs is 1. The summed E-state index contributed by atoms with van der Waals surface area (Å²) in [5, 5.41) is 11.2. The molecule has 138 valence electrons. The van der Waals surface area contributed by atoms with E-state index in [0.717, 1.165) is 38.2 Å². The second-order valence-electron chi connectivity index (χ2n) is 7.37. The van der Waals surface area contributed by atoms with Crippen molar-refractivity contribution in [3.05, 3.63) is 48.0 Å². The van der Waals surface area contributed by atoms with E-state index in [9.17, 15) is 4.79 Å². The molecule has 0 radical (unpaired) electrons. The summed E-state index contributed by atoms with van der Waals surface area (Å²) in [6, 6.07) is 11.3. The van der Waals surface area contributed by atoms with Crippen LogP contribution in [0.3, 0.4) is 0 Å². The van der Waals surface area contributed by atoms with Crippen molar-refractivity contribution in [1.29, 1.82) is 0 Å². The van der Waals surface area contributed by atoms with Gasteiger partial charge in [-0.2, -0.15) is 0 Å². The lowest BCUT2D eigenvalue weighted by Gasteiger charge is -2.24. The van der Waals surface area contributed by atoms with Crippen LogP contribution in [-0.2, 0) is 17.9 Å². The zero-order valence-corrected chi connectivity index (χ0v) is 15.3. The SMILES string of the molecule is CCCn1cnnc1CNC(=O)[C@H]1C[C@@H](c2ccccc2)N2CCC[C@H]12. The number of hydrogen-bond donors (Lipinski definition) is 1. The van der Waals surface area contributed by atoms with Crippen molar-refractivity contribution in [2.24, 2.45) is 5.92 Å². The van der Waals surface area contributed by atoms with Gasteiger partial charge in [-0.1, -0.05) is 37.3 Å². The van der Waals surface area contributed by atoms with E-state index in [1.807, 2.05) is 4.57 Å². The largest absolute Gasteiger partial charge is 0.349 e. The third-order valence-corrected chi connectivity index (χ3v) is 5.79. The third-order valence-electron chi connectivity index (χ3n) is 5.79. The number of aromatic nitrogens is 3. The van der Waals surface area contributed by atoms with E-state index in [2.05, 4.69) is 57.7 Å². The molecule has 2 aromatic rings. The summed E-state index contributed by atoms with van der Waals surface area (Å²) in [4.78, 5) is 15.5. The van der Waals surface area contributed by atoms with E-state index in [1.54, 1.807) is 6.33 Å². The van der Waals surface area contributed by atoms with Crippen molar-refractivity contribution < 1.29 is 4.79 Å². The quantitative estimate of drug-likeness (QED) is 0.867. The number of hydrogen-bond acceptors (Lipinski definition) is 4. The van der Waals surface area contributed by atoms with Crippen LogP contribution in [0.15, 0.2) is 36.7 Å². The van der Waals surface area contributed by atoms with Gasteiger partial charge in [0.25, 0.3) is 0 Å².